The molecule has 1 aromatic heterocycles. The highest BCUT2D eigenvalue weighted by Crippen LogP contribution is 2.51. The highest BCUT2D eigenvalue weighted by atomic mass is 19.1. The smallest absolute Gasteiger partial charge is 0.226 e. The van der Waals surface area contributed by atoms with Crippen LogP contribution in [0.4, 0.5) is 10.3 Å². The molecule has 3 heterocycles. The summed E-state index contributed by atoms with van der Waals surface area (Å²) in [4.78, 5) is 4.38. The van der Waals surface area contributed by atoms with Crippen molar-refractivity contribution in [2.45, 2.75) is 19.1 Å². The molecule has 6 heteroatoms. The van der Waals surface area contributed by atoms with Gasteiger partial charge in [0, 0.05) is 16.7 Å². The van der Waals surface area contributed by atoms with Gasteiger partial charge in [-0.1, -0.05) is 54.6 Å². The van der Waals surface area contributed by atoms with Crippen molar-refractivity contribution in [1.29, 1.82) is 0 Å². The number of hydrogen-bond acceptors (Lipinski definition) is 4. The van der Waals surface area contributed by atoms with E-state index in [-0.39, 0.29) is 5.82 Å². The summed E-state index contributed by atoms with van der Waals surface area (Å²) in [7, 11) is 0. The van der Waals surface area contributed by atoms with E-state index in [2.05, 4.69) is 34.5 Å². The Balaban J connectivity index is 1.67. The zero-order chi connectivity index (χ0) is 20.9. The quantitative estimate of drug-likeness (QED) is 0.488. The van der Waals surface area contributed by atoms with Gasteiger partial charge in [0.1, 0.15) is 30.0 Å². The van der Waals surface area contributed by atoms with E-state index in [0.29, 0.717) is 11.5 Å². The number of halogens is 1. The van der Waals surface area contributed by atoms with Crippen molar-refractivity contribution in [2.75, 3.05) is 5.32 Å². The molecule has 1 N–H and O–H groups in total. The van der Waals surface area contributed by atoms with Gasteiger partial charge in [0.25, 0.3) is 0 Å². The Morgan fingerprint density at radius 3 is 2.52 bits per heavy atom. The standard InChI is InChI=1S/C25H19FN4O/c1-15-8-2-3-9-16(15)24-21-22(18-11-5-7-13-20(18)31-24)29-25-27-14-28-30(25)23(21)17-10-4-6-12-19(17)26/h2-14,23-24H,1H3,(H,27,28,29)/t23-,24-/m1/s1. The monoisotopic (exact) mass is 410 g/mol. The molecular formula is C25H19FN4O. The summed E-state index contributed by atoms with van der Waals surface area (Å²) in [6.45, 7) is 2.06. The lowest BCUT2D eigenvalue weighted by molar-refractivity contribution is 0.221. The number of ether oxygens (including phenoxy) is 1. The van der Waals surface area contributed by atoms with Gasteiger partial charge in [-0.2, -0.15) is 10.1 Å². The lowest BCUT2D eigenvalue weighted by Gasteiger charge is -2.39. The first-order valence-corrected chi connectivity index (χ1v) is 10.2. The molecule has 31 heavy (non-hydrogen) atoms. The average molecular weight is 410 g/mol. The predicted octanol–water partition coefficient (Wildman–Crippen LogP) is 5.29. The van der Waals surface area contributed by atoms with Crippen molar-refractivity contribution in [1.82, 2.24) is 14.8 Å². The van der Waals surface area contributed by atoms with Gasteiger partial charge in [0.15, 0.2) is 0 Å². The van der Waals surface area contributed by atoms with E-state index in [1.54, 1.807) is 16.8 Å². The predicted molar refractivity (Wildman–Crippen MR) is 116 cm³/mol. The zero-order valence-corrected chi connectivity index (χ0v) is 16.8. The normalized spacial score (nSPS) is 19.0. The maximum Gasteiger partial charge on any atom is 0.226 e. The summed E-state index contributed by atoms with van der Waals surface area (Å²) in [5.41, 5.74) is 5.41. The molecule has 0 radical (unpaired) electrons. The number of rotatable bonds is 2. The Bertz CT molecular complexity index is 1340. The van der Waals surface area contributed by atoms with Crippen LogP contribution in [-0.2, 0) is 0 Å². The van der Waals surface area contributed by atoms with Gasteiger partial charge in [-0.05, 0) is 36.2 Å². The van der Waals surface area contributed by atoms with Gasteiger partial charge in [-0.25, -0.2) is 9.07 Å². The van der Waals surface area contributed by atoms with Crippen LogP contribution >= 0.6 is 0 Å². The van der Waals surface area contributed by atoms with Crippen molar-refractivity contribution in [3.63, 3.8) is 0 Å². The molecule has 152 valence electrons. The minimum absolute atomic E-state index is 0.287. The summed E-state index contributed by atoms with van der Waals surface area (Å²) in [6, 6.07) is 22.4. The molecule has 0 saturated carbocycles. The molecule has 0 spiro atoms. The maximum absolute atomic E-state index is 15.1. The van der Waals surface area contributed by atoms with E-state index < -0.39 is 12.1 Å². The second-order valence-electron chi connectivity index (χ2n) is 7.76. The summed E-state index contributed by atoms with van der Waals surface area (Å²) >= 11 is 0. The van der Waals surface area contributed by atoms with Gasteiger partial charge < -0.3 is 10.1 Å². The molecule has 4 aromatic rings. The van der Waals surface area contributed by atoms with E-state index >= 15 is 4.39 Å². The van der Waals surface area contributed by atoms with Gasteiger partial charge in [0.05, 0.1) is 5.70 Å². The highest BCUT2D eigenvalue weighted by molar-refractivity contribution is 5.85. The molecule has 0 saturated heterocycles. The van der Waals surface area contributed by atoms with Gasteiger partial charge >= 0.3 is 0 Å². The van der Waals surface area contributed by atoms with E-state index in [1.165, 1.54) is 12.4 Å². The zero-order valence-electron chi connectivity index (χ0n) is 16.8. The number of aryl methyl sites for hydroxylation is 1. The Kier molecular flexibility index (Phi) is 3.93. The minimum atomic E-state index is -0.493. The summed E-state index contributed by atoms with van der Waals surface area (Å²) in [5, 5.41) is 7.88. The minimum Gasteiger partial charge on any atom is -0.480 e. The Hall–Kier alpha value is -3.93. The molecule has 0 aliphatic carbocycles. The fourth-order valence-electron chi connectivity index (χ4n) is 4.55. The second kappa shape index (κ2) is 6.80. The van der Waals surface area contributed by atoms with Crippen LogP contribution in [0.2, 0.25) is 0 Å². The van der Waals surface area contributed by atoms with Crippen molar-refractivity contribution in [2.24, 2.45) is 0 Å². The topological polar surface area (TPSA) is 52.0 Å². The largest absolute Gasteiger partial charge is 0.480 e. The van der Waals surface area contributed by atoms with Crippen molar-refractivity contribution in [3.8, 4) is 5.75 Å². The van der Waals surface area contributed by atoms with Crippen LogP contribution < -0.4 is 10.1 Å². The number of anilines is 1. The molecule has 0 unspecified atom stereocenters. The Morgan fingerprint density at radius 1 is 0.935 bits per heavy atom. The molecule has 0 fully saturated rings. The maximum atomic E-state index is 15.1. The fourth-order valence-corrected chi connectivity index (χ4v) is 4.55. The number of hydrogen-bond donors (Lipinski definition) is 1. The second-order valence-corrected chi connectivity index (χ2v) is 7.76. The van der Waals surface area contributed by atoms with Crippen molar-refractivity contribution >= 4 is 11.6 Å². The lowest BCUT2D eigenvalue weighted by Crippen LogP contribution is -2.33. The van der Waals surface area contributed by atoms with Gasteiger partial charge in [-0.15, -0.1) is 0 Å². The number of fused-ring (bicyclic) bond motifs is 3. The molecule has 2 atom stereocenters. The van der Waals surface area contributed by atoms with Crippen LogP contribution in [0.1, 0.15) is 34.4 Å². The highest BCUT2D eigenvalue weighted by Gasteiger charge is 2.41. The van der Waals surface area contributed by atoms with Crippen molar-refractivity contribution < 1.29 is 9.13 Å². The van der Waals surface area contributed by atoms with Crippen LogP contribution in [0.3, 0.4) is 0 Å². The third-order valence-corrected chi connectivity index (χ3v) is 5.99. The van der Waals surface area contributed by atoms with Crippen LogP contribution in [-0.4, -0.2) is 14.8 Å². The first-order valence-electron chi connectivity index (χ1n) is 10.2. The SMILES string of the molecule is Cc1ccccc1[C@H]1Oc2ccccc2C2=C1[C@@H](c1ccccc1F)n1ncnc1N2. The first-order chi connectivity index (χ1) is 15.2. The fraction of sp³-hybridized carbons (Fsp3) is 0.120. The first kappa shape index (κ1) is 17.9. The third kappa shape index (κ3) is 2.68. The Morgan fingerprint density at radius 2 is 1.68 bits per heavy atom. The van der Waals surface area contributed by atoms with Crippen molar-refractivity contribution in [3.05, 3.63) is 113 Å². The number of nitrogens with zero attached hydrogens (tertiary/aromatic N) is 3. The van der Waals surface area contributed by atoms with E-state index in [4.69, 9.17) is 4.74 Å². The molecule has 5 nitrogen and oxygen atoms in total. The average Bonchev–Trinajstić information content (AvgIpc) is 3.26. The molecule has 2 aliphatic heterocycles. The molecule has 2 aliphatic rings. The van der Waals surface area contributed by atoms with Crippen LogP contribution in [0.5, 0.6) is 5.75 Å². The van der Waals surface area contributed by atoms with Crippen LogP contribution in [0.25, 0.3) is 5.70 Å². The summed E-state index contributed by atoms with van der Waals surface area (Å²) in [6.07, 6.45) is 1.09. The number of para-hydroxylation sites is 1. The van der Waals surface area contributed by atoms with Gasteiger partial charge in [0.2, 0.25) is 5.95 Å². The lowest BCUT2D eigenvalue weighted by atomic mass is 9.83. The molecule has 6 rings (SSSR count). The third-order valence-electron chi connectivity index (χ3n) is 5.99. The molecular weight excluding hydrogens is 391 g/mol. The van der Waals surface area contributed by atoms with E-state index in [9.17, 15) is 0 Å². The number of nitrogens with one attached hydrogen (secondary N) is 1. The Labute approximate surface area is 178 Å². The number of benzene rings is 3. The van der Waals surface area contributed by atoms with Crippen LogP contribution in [0, 0.1) is 12.7 Å². The van der Waals surface area contributed by atoms with E-state index in [0.717, 1.165) is 33.7 Å². The molecule has 0 bridgehead atoms. The summed E-state index contributed by atoms with van der Waals surface area (Å²) < 4.78 is 23.4. The number of aromatic nitrogens is 3. The summed E-state index contributed by atoms with van der Waals surface area (Å²) in [5.74, 6) is 1.07. The molecule has 3 aromatic carbocycles. The van der Waals surface area contributed by atoms with Crippen LogP contribution in [0.15, 0.2) is 84.7 Å². The molecule has 0 amide bonds. The van der Waals surface area contributed by atoms with Gasteiger partial charge in [-0.3, -0.25) is 0 Å². The van der Waals surface area contributed by atoms with E-state index in [1.807, 2.05) is 42.5 Å².